The zero-order valence-electron chi connectivity index (χ0n) is 16.0. The maximum absolute atomic E-state index is 4.64. The molecule has 0 fully saturated rings. The minimum absolute atomic E-state index is 0.933. The number of fused-ring (bicyclic) bond motifs is 1. The van der Waals surface area contributed by atoms with Crippen LogP contribution in [0.5, 0.6) is 0 Å². The van der Waals surface area contributed by atoms with Crippen LogP contribution < -0.4 is 0 Å². The fourth-order valence-corrected chi connectivity index (χ4v) is 4.67. The standard InChI is InChI=1S/C26H17IN2S/c27-30-25-10-7-18(8-11-25)20-5-3-19-4-6-21(15-24(19)14-20)22-9-12-26(29-17-22)23-2-1-13-28-16-23/h1-17H. The van der Waals surface area contributed by atoms with E-state index in [2.05, 4.69) is 104 Å². The van der Waals surface area contributed by atoms with Gasteiger partial charge in [-0.3, -0.25) is 9.97 Å². The molecule has 0 atom stereocenters. The zero-order valence-corrected chi connectivity index (χ0v) is 19.0. The Morgan fingerprint density at radius 1 is 0.600 bits per heavy atom. The second-order valence-electron chi connectivity index (χ2n) is 7.05. The van der Waals surface area contributed by atoms with Gasteiger partial charge in [-0.25, -0.2) is 0 Å². The van der Waals surface area contributed by atoms with E-state index >= 15 is 0 Å². The molecule has 0 bridgehead atoms. The molecule has 0 aliphatic rings. The van der Waals surface area contributed by atoms with Gasteiger partial charge < -0.3 is 0 Å². The van der Waals surface area contributed by atoms with Gasteiger partial charge in [0.05, 0.1) is 5.69 Å². The summed E-state index contributed by atoms with van der Waals surface area (Å²) in [6.07, 6.45) is 5.55. The molecule has 0 amide bonds. The molecule has 3 aromatic carbocycles. The van der Waals surface area contributed by atoms with E-state index in [1.54, 1.807) is 15.1 Å². The van der Waals surface area contributed by atoms with Crippen molar-refractivity contribution in [1.82, 2.24) is 9.97 Å². The van der Waals surface area contributed by atoms with E-state index in [1.807, 2.05) is 24.5 Å². The van der Waals surface area contributed by atoms with Crippen LogP contribution >= 0.6 is 30.1 Å². The Morgan fingerprint density at radius 2 is 1.30 bits per heavy atom. The monoisotopic (exact) mass is 516 g/mol. The van der Waals surface area contributed by atoms with Crippen LogP contribution in [0.15, 0.2) is 108 Å². The van der Waals surface area contributed by atoms with E-state index in [1.165, 1.54) is 32.4 Å². The molecule has 0 aliphatic heterocycles. The minimum Gasteiger partial charge on any atom is -0.264 e. The normalized spacial score (nSPS) is 11.0. The smallest absolute Gasteiger partial charge is 0.0717 e. The average Bonchev–Trinajstić information content (AvgIpc) is 2.84. The topological polar surface area (TPSA) is 25.8 Å². The summed E-state index contributed by atoms with van der Waals surface area (Å²) >= 11 is 2.31. The SMILES string of the molecule is ISc1ccc(-c2ccc3ccc(-c4ccc(-c5cccnc5)nc4)cc3c2)cc1. The molecule has 2 nitrogen and oxygen atoms in total. The Kier molecular flexibility index (Phi) is 5.51. The van der Waals surface area contributed by atoms with Crippen LogP contribution in [0.2, 0.25) is 0 Å². The molecule has 2 aromatic heterocycles. The van der Waals surface area contributed by atoms with Crippen molar-refractivity contribution in [1.29, 1.82) is 0 Å². The Bertz CT molecular complexity index is 1300. The highest BCUT2D eigenvalue weighted by Gasteiger charge is 2.05. The van der Waals surface area contributed by atoms with Gasteiger partial charge in [0.25, 0.3) is 0 Å². The molecular formula is C26H17IN2S. The van der Waals surface area contributed by atoms with Gasteiger partial charge in [0.15, 0.2) is 0 Å². The number of rotatable bonds is 4. The first-order valence-corrected chi connectivity index (χ1v) is 13.0. The molecular weight excluding hydrogens is 499 g/mol. The summed E-state index contributed by atoms with van der Waals surface area (Å²) in [5.41, 5.74) is 6.70. The maximum atomic E-state index is 4.64. The molecule has 0 saturated heterocycles. The number of hydrogen-bond donors (Lipinski definition) is 0. The summed E-state index contributed by atoms with van der Waals surface area (Å²) in [4.78, 5) is 10.1. The van der Waals surface area contributed by atoms with E-state index in [-0.39, 0.29) is 0 Å². The highest BCUT2D eigenvalue weighted by Crippen LogP contribution is 2.31. The van der Waals surface area contributed by atoms with Gasteiger partial charge >= 0.3 is 0 Å². The first-order valence-electron chi connectivity index (χ1n) is 9.60. The molecule has 4 heteroatoms. The molecule has 0 aliphatic carbocycles. The first kappa shape index (κ1) is 19.3. The fourth-order valence-electron chi connectivity index (χ4n) is 3.55. The summed E-state index contributed by atoms with van der Waals surface area (Å²) in [6, 6.07) is 30.1. The summed E-state index contributed by atoms with van der Waals surface area (Å²) < 4.78 is 0. The lowest BCUT2D eigenvalue weighted by molar-refractivity contribution is 1.28. The number of halogens is 1. The zero-order chi connectivity index (χ0) is 20.3. The van der Waals surface area contributed by atoms with E-state index in [9.17, 15) is 0 Å². The summed E-state index contributed by atoms with van der Waals surface area (Å²) in [7, 11) is 1.73. The lowest BCUT2D eigenvalue weighted by atomic mass is 9.98. The third-order valence-corrected chi connectivity index (χ3v) is 7.15. The van der Waals surface area contributed by atoms with Gasteiger partial charge in [0.2, 0.25) is 0 Å². The molecule has 144 valence electrons. The quantitative estimate of drug-likeness (QED) is 0.226. The van der Waals surface area contributed by atoms with E-state index < -0.39 is 0 Å². The maximum Gasteiger partial charge on any atom is 0.0717 e. The van der Waals surface area contributed by atoms with Crippen molar-refractivity contribution in [3.8, 4) is 33.5 Å². The molecule has 0 unspecified atom stereocenters. The van der Waals surface area contributed by atoms with E-state index in [0.29, 0.717) is 0 Å². The van der Waals surface area contributed by atoms with Crippen molar-refractivity contribution in [3.05, 3.63) is 104 Å². The van der Waals surface area contributed by atoms with Crippen molar-refractivity contribution < 1.29 is 0 Å². The first-order chi connectivity index (χ1) is 14.8. The van der Waals surface area contributed by atoms with Crippen LogP contribution in [-0.2, 0) is 0 Å². The van der Waals surface area contributed by atoms with Crippen molar-refractivity contribution in [2.45, 2.75) is 4.90 Å². The third kappa shape index (κ3) is 3.98. The molecule has 0 N–H and O–H groups in total. The minimum atomic E-state index is 0.933. The van der Waals surface area contributed by atoms with Crippen molar-refractivity contribution >= 4 is 40.9 Å². The van der Waals surface area contributed by atoms with Crippen LogP contribution in [-0.4, -0.2) is 9.97 Å². The van der Waals surface area contributed by atoms with Gasteiger partial charge in [-0.1, -0.05) is 51.4 Å². The van der Waals surface area contributed by atoms with Crippen LogP contribution in [0.1, 0.15) is 0 Å². The van der Waals surface area contributed by atoms with Crippen molar-refractivity contribution in [2.75, 3.05) is 0 Å². The number of aromatic nitrogens is 2. The highest BCUT2D eigenvalue weighted by atomic mass is 127. The van der Waals surface area contributed by atoms with Crippen molar-refractivity contribution in [2.24, 2.45) is 0 Å². The lowest BCUT2D eigenvalue weighted by Gasteiger charge is -2.08. The molecule has 2 heterocycles. The molecule has 5 rings (SSSR count). The number of benzene rings is 3. The van der Waals surface area contributed by atoms with Gasteiger partial charge in [-0.05, 0) is 69.9 Å². The predicted molar refractivity (Wildman–Crippen MR) is 136 cm³/mol. The van der Waals surface area contributed by atoms with Gasteiger partial charge in [-0.15, -0.1) is 0 Å². The van der Waals surface area contributed by atoms with E-state index in [0.717, 1.165) is 16.8 Å². The lowest BCUT2D eigenvalue weighted by Crippen LogP contribution is -1.86. The number of nitrogens with zero attached hydrogens (tertiary/aromatic N) is 2. The Morgan fingerprint density at radius 3 is 1.93 bits per heavy atom. The average molecular weight is 516 g/mol. The van der Waals surface area contributed by atoms with Crippen LogP contribution in [0.25, 0.3) is 44.3 Å². The second kappa shape index (κ2) is 8.58. The Balaban J connectivity index is 1.49. The predicted octanol–water partition coefficient (Wildman–Crippen LogP) is 8.07. The fraction of sp³-hybridized carbons (Fsp3) is 0. The van der Waals surface area contributed by atoms with Crippen LogP contribution in [0.3, 0.4) is 0 Å². The van der Waals surface area contributed by atoms with Gasteiger partial charge in [0.1, 0.15) is 0 Å². The Hall–Kier alpha value is -2.70. The number of hydrogen-bond acceptors (Lipinski definition) is 3. The third-order valence-electron chi connectivity index (χ3n) is 5.17. The van der Waals surface area contributed by atoms with Gasteiger partial charge in [-0.2, -0.15) is 0 Å². The highest BCUT2D eigenvalue weighted by molar-refractivity contribution is 14.2. The van der Waals surface area contributed by atoms with E-state index in [4.69, 9.17) is 0 Å². The summed E-state index contributed by atoms with van der Waals surface area (Å²) in [6.45, 7) is 0. The largest absolute Gasteiger partial charge is 0.264 e. The molecule has 0 radical (unpaired) electrons. The molecule has 30 heavy (non-hydrogen) atoms. The summed E-state index contributed by atoms with van der Waals surface area (Å²) in [5, 5.41) is 2.47. The second-order valence-corrected chi connectivity index (χ2v) is 9.00. The van der Waals surface area contributed by atoms with Crippen molar-refractivity contribution in [3.63, 3.8) is 0 Å². The van der Waals surface area contributed by atoms with Gasteiger partial charge in [0, 0.05) is 55.8 Å². The molecule has 0 spiro atoms. The Labute approximate surface area is 192 Å². The van der Waals surface area contributed by atoms with Crippen LogP contribution in [0.4, 0.5) is 0 Å². The number of pyridine rings is 2. The summed E-state index contributed by atoms with van der Waals surface area (Å²) in [5.74, 6) is 0. The molecule has 5 aromatic rings. The van der Waals surface area contributed by atoms with Crippen LogP contribution in [0, 0.1) is 0 Å². The molecule has 0 saturated carbocycles.